The molecule has 570 valence electrons. The molecule has 117 heavy (non-hydrogen) atoms. The van der Waals surface area contributed by atoms with E-state index in [0.717, 1.165) is 0 Å². The lowest BCUT2D eigenvalue weighted by atomic mass is 9.73. The zero-order valence-corrected chi connectivity index (χ0v) is 68.7. The highest BCUT2D eigenvalue weighted by atomic mass is 15.2. The van der Waals surface area contributed by atoms with Gasteiger partial charge in [-0.1, -0.05) is 326 Å². The van der Waals surface area contributed by atoms with Gasteiger partial charge in [0, 0.05) is 66.2 Å². The van der Waals surface area contributed by atoms with E-state index >= 15 is 0 Å². The van der Waals surface area contributed by atoms with E-state index in [4.69, 9.17) is 0 Å². The maximum atomic E-state index is 2.40. The number of aromatic nitrogens is 2. The Hall–Kier alpha value is -13.7. The third-order valence-electron chi connectivity index (χ3n) is 24.5. The van der Waals surface area contributed by atoms with Gasteiger partial charge in [0.05, 0.1) is 56.2 Å². The highest BCUT2D eigenvalue weighted by molar-refractivity contribution is 6.22. The molecule has 22 rings (SSSR count). The fourth-order valence-electron chi connectivity index (χ4n) is 18.6. The summed E-state index contributed by atoms with van der Waals surface area (Å²) in [4.78, 5) is 7.16. The Labute approximate surface area is 688 Å². The summed E-state index contributed by atoms with van der Waals surface area (Å²) in [5, 5.41) is 10.5. The van der Waals surface area contributed by atoms with Crippen molar-refractivity contribution in [1.29, 1.82) is 0 Å². The molecule has 19 aromatic rings. The molecule has 5 heteroatoms. The van der Waals surface area contributed by atoms with Crippen molar-refractivity contribution < 1.29 is 0 Å². The minimum absolute atomic E-state index is 0.00320. The molecule has 0 fully saturated rings. The fraction of sp³-hybridized carbons (Fsp3) is 0.125. The Balaban J connectivity index is 0.000000101. The molecule has 0 amide bonds. The number of para-hydroxylation sites is 9. The molecule has 0 unspecified atom stereocenters. The lowest BCUT2D eigenvalue weighted by Crippen LogP contribution is -2.30. The van der Waals surface area contributed by atoms with Gasteiger partial charge in [-0.25, -0.2) is 0 Å². The van der Waals surface area contributed by atoms with Crippen LogP contribution in [-0.4, -0.2) is 9.13 Å². The summed E-state index contributed by atoms with van der Waals surface area (Å²) in [6.45, 7) is 24.7. The number of nitrogens with zero attached hydrogens (tertiary/aromatic N) is 5. The molecular formula is C112H97N5. The van der Waals surface area contributed by atoms with Gasteiger partial charge in [0.25, 0.3) is 0 Å². The summed E-state index contributed by atoms with van der Waals surface area (Å²) in [6.07, 6.45) is 0. The average Bonchev–Trinajstić information content (AvgIpc) is 1.28. The second-order valence-electron chi connectivity index (χ2n) is 33.2. The van der Waals surface area contributed by atoms with Crippen molar-refractivity contribution >= 4 is 116 Å². The van der Waals surface area contributed by atoms with Crippen molar-refractivity contribution in [3.8, 4) is 11.4 Å². The quantitative estimate of drug-likeness (QED) is 0.171. The summed E-state index contributed by atoms with van der Waals surface area (Å²) in [5.74, 6) is 0. The number of anilines is 9. The predicted octanol–water partition coefficient (Wildman–Crippen LogP) is 30.8. The van der Waals surface area contributed by atoms with Gasteiger partial charge in [-0.05, 0) is 221 Å². The maximum Gasteiger partial charge on any atom is 0.0547 e. The van der Waals surface area contributed by atoms with E-state index in [1.54, 1.807) is 0 Å². The molecule has 5 nitrogen and oxygen atoms in total. The van der Waals surface area contributed by atoms with Crippen LogP contribution in [0.2, 0.25) is 0 Å². The van der Waals surface area contributed by atoms with Crippen LogP contribution in [0.3, 0.4) is 0 Å². The minimum atomic E-state index is 0.00320. The summed E-state index contributed by atoms with van der Waals surface area (Å²) in [7, 11) is 0. The van der Waals surface area contributed by atoms with Crippen LogP contribution in [0.5, 0.6) is 0 Å². The van der Waals surface area contributed by atoms with Crippen molar-refractivity contribution in [2.45, 2.75) is 92.4 Å². The third kappa shape index (κ3) is 13.4. The topological polar surface area (TPSA) is 19.6 Å². The number of aryl methyl sites for hydroxylation is 5. The van der Waals surface area contributed by atoms with Crippen LogP contribution in [0.25, 0.3) is 76.5 Å². The smallest absolute Gasteiger partial charge is 0.0547 e. The molecular weight excluding hydrogens is 1420 g/mol. The highest BCUT2D eigenvalue weighted by Gasteiger charge is 2.40. The Morgan fingerprint density at radius 3 is 0.983 bits per heavy atom. The van der Waals surface area contributed by atoms with Crippen LogP contribution < -0.4 is 14.7 Å². The molecule has 0 spiro atoms. The number of hydrogen-bond acceptors (Lipinski definition) is 3. The van der Waals surface area contributed by atoms with Crippen LogP contribution in [0, 0.1) is 34.6 Å². The van der Waals surface area contributed by atoms with Crippen molar-refractivity contribution in [1.82, 2.24) is 9.13 Å². The van der Waals surface area contributed by atoms with E-state index in [2.05, 4.69) is 488 Å². The van der Waals surface area contributed by atoms with Crippen LogP contribution in [-0.2, 0) is 16.2 Å². The fourth-order valence-corrected chi connectivity index (χ4v) is 18.6. The zero-order valence-electron chi connectivity index (χ0n) is 68.7. The normalized spacial score (nSPS) is 13.6. The molecule has 3 aliphatic rings. The molecule has 2 aromatic heterocycles. The number of fused-ring (bicyclic) bond motifs is 16. The molecule has 0 radical (unpaired) electrons. The van der Waals surface area contributed by atoms with E-state index in [1.807, 2.05) is 0 Å². The Kier molecular flexibility index (Phi) is 19.5. The standard InChI is InChI=1S/2C23H17N.3C22H21N/c1-16-8-2-6-12-20(16)24-21-13-7-5-11-19(21)23-18-10-4-3-9-17(18)14-15-22(23)24;1-16-7-6-9-18(15-16)24-21-12-5-4-11-20(21)23-19-10-3-2-8-17(19)13-14-22(23)24;1-16-9-8-10-17(15-16)23-20-13-6-4-11-18(20)22(2,3)19-12-5-7-14-21(19)23;1-16-12-14-17(15-13-16)23-20-10-6-4-8-18(20)22(2,3)19-9-5-7-11-21(19)23;1-16-13-14-21-19(15-16)22(2,3)18-11-7-8-12-20(18)23(21)17-9-5-4-6-10-17/h2*2-15H,1H3;3*4-15H,1-3H3. The van der Waals surface area contributed by atoms with Gasteiger partial charge in [0.1, 0.15) is 0 Å². The lowest BCUT2D eigenvalue weighted by molar-refractivity contribution is 0.631. The number of benzene rings is 17. The minimum Gasteiger partial charge on any atom is -0.310 e. The number of rotatable bonds is 5. The molecule has 0 atom stereocenters. The van der Waals surface area contributed by atoms with Crippen molar-refractivity contribution in [3.63, 3.8) is 0 Å². The van der Waals surface area contributed by atoms with Crippen molar-refractivity contribution in [3.05, 3.63) is 449 Å². The van der Waals surface area contributed by atoms with E-state index in [-0.39, 0.29) is 16.2 Å². The Morgan fingerprint density at radius 2 is 0.513 bits per heavy atom. The molecule has 0 saturated heterocycles. The zero-order chi connectivity index (χ0) is 80.3. The second-order valence-corrected chi connectivity index (χ2v) is 33.2. The molecule has 3 aliphatic heterocycles. The SMILES string of the molecule is Cc1ccc(N2c3ccccc3C(C)(C)c3ccccc32)cc1.Cc1ccc2c(c1)C(C)(C)c1ccccc1N2c1ccccc1.Cc1cccc(-n2c3ccccc3c3c4ccccc4ccc32)c1.Cc1cccc(N2c3ccccc3C(C)(C)c3ccccc32)c1.Cc1ccccc1-n1c2ccccc2c2c3ccccc3ccc21. The molecule has 17 aromatic carbocycles. The third-order valence-corrected chi connectivity index (χ3v) is 24.5. The van der Waals surface area contributed by atoms with Gasteiger partial charge in [-0.2, -0.15) is 0 Å². The van der Waals surface area contributed by atoms with E-state index < -0.39 is 0 Å². The second kappa shape index (κ2) is 30.6. The van der Waals surface area contributed by atoms with Crippen molar-refractivity contribution in [2.75, 3.05) is 14.7 Å². The Bertz CT molecular complexity index is 6840. The first-order valence-corrected chi connectivity index (χ1v) is 41.1. The highest BCUT2D eigenvalue weighted by Crippen LogP contribution is 2.55. The largest absolute Gasteiger partial charge is 0.310 e. The van der Waals surface area contributed by atoms with Gasteiger partial charge < -0.3 is 23.8 Å². The van der Waals surface area contributed by atoms with E-state index in [9.17, 15) is 0 Å². The van der Waals surface area contributed by atoms with Crippen molar-refractivity contribution in [2.24, 2.45) is 0 Å². The summed E-state index contributed by atoms with van der Waals surface area (Å²) >= 11 is 0. The van der Waals surface area contributed by atoms with Gasteiger partial charge in [-0.15, -0.1) is 0 Å². The number of hydrogen-bond donors (Lipinski definition) is 0. The first-order valence-electron chi connectivity index (χ1n) is 41.1. The van der Waals surface area contributed by atoms with Gasteiger partial charge in [0.2, 0.25) is 0 Å². The van der Waals surface area contributed by atoms with Gasteiger partial charge >= 0.3 is 0 Å². The first-order chi connectivity index (χ1) is 56.9. The predicted molar refractivity (Wildman–Crippen MR) is 500 cm³/mol. The summed E-state index contributed by atoms with van der Waals surface area (Å²) in [5.41, 5.74) is 33.6. The van der Waals surface area contributed by atoms with E-state index in [0.29, 0.717) is 0 Å². The lowest BCUT2D eigenvalue weighted by Gasteiger charge is -2.42. The maximum absolute atomic E-state index is 2.40. The average molecular weight is 1510 g/mol. The summed E-state index contributed by atoms with van der Waals surface area (Å²) in [6, 6.07) is 140. The molecule has 0 N–H and O–H groups in total. The summed E-state index contributed by atoms with van der Waals surface area (Å²) < 4.78 is 4.77. The molecule has 0 bridgehead atoms. The van der Waals surface area contributed by atoms with Crippen LogP contribution in [0.15, 0.2) is 388 Å². The van der Waals surface area contributed by atoms with Crippen LogP contribution in [0.1, 0.15) is 103 Å². The Morgan fingerprint density at radius 1 is 0.188 bits per heavy atom. The first kappa shape index (κ1) is 74.7. The molecule has 5 heterocycles. The van der Waals surface area contributed by atoms with Crippen LogP contribution >= 0.6 is 0 Å². The van der Waals surface area contributed by atoms with E-state index in [1.165, 1.54) is 189 Å². The molecule has 0 aliphatic carbocycles. The molecule has 0 saturated carbocycles. The monoisotopic (exact) mass is 1510 g/mol. The van der Waals surface area contributed by atoms with Gasteiger partial charge in [0.15, 0.2) is 0 Å². The van der Waals surface area contributed by atoms with Crippen LogP contribution in [0.4, 0.5) is 51.2 Å². The van der Waals surface area contributed by atoms with Gasteiger partial charge in [-0.3, -0.25) is 0 Å².